The van der Waals surface area contributed by atoms with Crippen molar-refractivity contribution in [2.45, 2.75) is 12.1 Å². The van der Waals surface area contributed by atoms with E-state index in [0.717, 1.165) is 30.0 Å². The van der Waals surface area contributed by atoms with Crippen LogP contribution in [0.3, 0.4) is 0 Å². The average molecular weight is 398 g/mol. The molecule has 2 heterocycles. The average Bonchev–Trinajstić information content (AvgIpc) is 3.27. The second kappa shape index (κ2) is 7.72. The van der Waals surface area contributed by atoms with Crippen LogP contribution in [0.5, 0.6) is 0 Å². The Kier molecular flexibility index (Phi) is 4.77. The number of anilines is 1. The largest absolute Gasteiger partial charge is 0.348 e. The van der Waals surface area contributed by atoms with Crippen LogP contribution in [0.25, 0.3) is 5.69 Å². The molecule has 1 fully saturated rings. The highest BCUT2D eigenvalue weighted by atomic mass is 16.5. The lowest BCUT2D eigenvalue weighted by atomic mass is 9.95. The van der Waals surface area contributed by atoms with Crippen LogP contribution in [0.2, 0.25) is 0 Å². The fourth-order valence-corrected chi connectivity index (χ4v) is 4.01. The number of carbonyl (C=O) groups is 1. The lowest BCUT2D eigenvalue weighted by Crippen LogP contribution is -2.56. The zero-order valence-corrected chi connectivity index (χ0v) is 16.5. The van der Waals surface area contributed by atoms with Crippen molar-refractivity contribution in [1.29, 1.82) is 0 Å². The molecule has 0 saturated carbocycles. The summed E-state index contributed by atoms with van der Waals surface area (Å²) in [5, 5.41) is 8.64. The van der Waals surface area contributed by atoms with E-state index in [1.165, 1.54) is 0 Å². The summed E-state index contributed by atoms with van der Waals surface area (Å²) in [5.41, 5.74) is 2.25. The van der Waals surface area contributed by atoms with Crippen molar-refractivity contribution in [3.63, 3.8) is 0 Å². The number of rotatable bonds is 4. The van der Waals surface area contributed by atoms with Crippen LogP contribution in [-0.2, 0) is 16.0 Å². The Morgan fingerprint density at radius 2 is 1.63 bits per heavy atom. The van der Waals surface area contributed by atoms with E-state index < -0.39 is 5.72 Å². The van der Waals surface area contributed by atoms with Gasteiger partial charge in [0.05, 0.1) is 24.2 Å². The monoisotopic (exact) mass is 398 g/mol. The molecule has 0 bridgehead atoms. The van der Waals surface area contributed by atoms with Gasteiger partial charge in [-0.1, -0.05) is 41.6 Å². The zero-order valence-electron chi connectivity index (χ0n) is 16.5. The first-order chi connectivity index (χ1) is 14.7. The van der Waals surface area contributed by atoms with Crippen molar-refractivity contribution in [1.82, 2.24) is 15.0 Å². The topological polar surface area (TPSA) is 60.3 Å². The Labute approximate surface area is 175 Å². The number of benzene rings is 2. The zero-order chi connectivity index (χ0) is 20.4. The molecule has 1 aromatic heterocycles. The van der Waals surface area contributed by atoms with Gasteiger partial charge in [-0.2, -0.15) is 0 Å². The molecule has 0 radical (unpaired) electrons. The number of ether oxygens (including phenoxy) is 1. The Balaban J connectivity index is 1.37. The number of carbonyl (C=O) groups excluding carboxylic acids is 1. The summed E-state index contributed by atoms with van der Waals surface area (Å²) in [7, 11) is 0. The van der Waals surface area contributed by atoms with Crippen molar-refractivity contribution in [3.8, 4) is 5.69 Å². The SMILES string of the molecule is O=C1C=CC2(C=C1)OCC(Cc1cn(-c3ccccc3)nn1)CN2c1ccccc1. The van der Waals surface area contributed by atoms with Gasteiger partial charge in [-0.15, -0.1) is 5.10 Å². The lowest BCUT2D eigenvalue weighted by molar-refractivity contribution is -0.111. The molecule has 2 aromatic carbocycles. The molecule has 1 aliphatic carbocycles. The third-order valence-electron chi connectivity index (χ3n) is 5.51. The first kappa shape index (κ1) is 18.5. The minimum atomic E-state index is -0.729. The van der Waals surface area contributed by atoms with E-state index in [9.17, 15) is 4.79 Å². The summed E-state index contributed by atoms with van der Waals surface area (Å²) in [4.78, 5) is 13.9. The third-order valence-corrected chi connectivity index (χ3v) is 5.51. The molecule has 0 amide bonds. The molecule has 5 rings (SSSR count). The molecule has 3 aromatic rings. The van der Waals surface area contributed by atoms with E-state index in [-0.39, 0.29) is 11.7 Å². The van der Waals surface area contributed by atoms with Crippen molar-refractivity contribution < 1.29 is 9.53 Å². The molecule has 0 N–H and O–H groups in total. The third kappa shape index (κ3) is 3.57. The smallest absolute Gasteiger partial charge is 0.180 e. The molecule has 150 valence electrons. The van der Waals surface area contributed by atoms with E-state index >= 15 is 0 Å². The van der Waals surface area contributed by atoms with E-state index in [1.54, 1.807) is 16.8 Å². The van der Waals surface area contributed by atoms with E-state index in [0.29, 0.717) is 6.61 Å². The quantitative estimate of drug-likeness (QED) is 0.675. The summed E-state index contributed by atoms with van der Waals surface area (Å²) >= 11 is 0. The molecule has 1 unspecified atom stereocenters. The Morgan fingerprint density at radius 3 is 2.33 bits per heavy atom. The van der Waals surface area contributed by atoms with Gasteiger partial charge in [0.2, 0.25) is 0 Å². The number of ketones is 1. The predicted molar refractivity (Wildman–Crippen MR) is 114 cm³/mol. The molecular formula is C24H22N4O2. The molecule has 6 nitrogen and oxygen atoms in total. The molecule has 1 saturated heterocycles. The highest BCUT2D eigenvalue weighted by molar-refractivity contribution is 6.00. The number of hydrogen-bond acceptors (Lipinski definition) is 5. The van der Waals surface area contributed by atoms with Crippen LogP contribution >= 0.6 is 0 Å². The Bertz CT molecular complexity index is 1070. The van der Waals surface area contributed by atoms with Gasteiger partial charge in [0.15, 0.2) is 11.5 Å². The summed E-state index contributed by atoms with van der Waals surface area (Å²) in [6, 6.07) is 20.1. The number of aromatic nitrogens is 3. The van der Waals surface area contributed by atoms with Crippen LogP contribution in [0.4, 0.5) is 5.69 Å². The predicted octanol–water partition coefficient (Wildman–Crippen LogP) is 3.35. The number of hydrogen-bond donors (Lipinski definition) is 0. The molecule has 2 aliphatic rings. The maximum atomic E-state index is 11.7. The van der Waals surface area contributed by atoms with Gasteiger partial charge in [-0.25, -0.2) is 4.68 Å². The molecule has 1 aliphatic heterocycles. The van der Waals surface area contributed by atoms with Crippen molar-refractivity contribution >= 4 is 11.5 Å². The lowest BCUT2D eigenvalue weighted by Gasteiger charge is -2.48. The maximum absolute atomic E-state index is 11.7. The van der Waals surface area contributed by atoms with Crippen molar-refractivity contribution in [2.24, 2.45) is 5.92 Å². The van der Waals surface area contributed by atoms with Crippen molar-refractivity contribution in [3.05, 3.63) is 96.9 Å². The minimum absolute atomic E-state index is 0.0168. The first-order valence-corrected chi connectivity index (χ1v) is 10.1. The van der Waals surface area contributed by atoms with Crippen LogP contribution < -0.4 is 4.90 Å². The molecule has 30 heavy (non-hydrogen) atoms. The van der Waals surface area contributed by atoms with Gasteiger partial charge in [0, 0.05) is 18.2 Å². The summed E-state index contributed by atoms with van der Waals surface area (Å²) in [6.07, 6.45) is 9.61. The molecular weight excluding hydrogens is 376 g/mol. The molecule has 6 heteroatoms. The first-order valence-electron chi connectivity index (χ1n) is 10.1. The van der Waals surface area contributed by atoms with Gasteiger partial charge < -0.3 is 9.64 Å². The van der Waals surface area contributed by atoms with Gasteiger partial charge in [0.25, 0.3) is 0 Å². The highest BCUT2D eigenvalue weighted by Crippen LogP contribution is 2.35. The highest BCUT2D eigenvalue weighted by Gasteiger charge is 2.41. The van der Waals surface area contributed by atoms with Crippen LogP contribution in [0.15, 0.2) is 91.2 Å². The second-order valence-corrected chi connectivity index (χ2v) is 7.64. The number of nitrogens with zero attached hydrogens (tertiary/aromatic N) is 4. The normalized spacial score (nSPS) is 20.1. The summed E-state index contributed by atoms with van der Waals surface area (Å²) in [5.74, 6) is 0.230. The van der Waals surface area contributed by atoms with E-state index in [1.807, 2.05) is 66.9 Å². The van der Waals surface area contributed by atoms with Gasteiger partial charge in [0.1, 0.15) is 0 Å². The Hall–Kier alpha value is -3.51. The van der Waals surface area contributed by atoms with Crippen LogP contribution in [-0.4, -0.2) is 39.7 Å². The number of allylic oxidation sites excluding steroid dienone is 2. The minimum Gasteiger partial charge on any atom is -0.348 e. The number of para-hydroxylation sites is 2. The van der Waals surface area contributed by atoms with Gasteiger partial charge in [-0.3, -0.25) is 4.79 Å². The van der Waals surface area contributed by atoms with Crippen molar-refractivity contribution in [2.75, 3.05) is 18.1 Å². The fourth-order valence-electron chi connectivity index (χ4n) is 4.01. The maximum Gasteiger partial charge on any atom is 0.180 e. The molecule has 1 atom stereocenters. The van der Waals surface area contributed by atoms with E-state index in [4.69, 9.17) is 4.74 Å². The Morgan fingerprint density at radius 1 is 0.967 bits per heavy atom. The fraction of sp³-hybridized carbons (Fsp3) is 0.208. The standard InChI is InChI=1S/C24H22N4O2/c29-23-11-13-24(14-12-23)27(21-7-3-1-4-8-21)16-19(18-30-24)15-20-17-28(26-25-20)22-9-5-2-6-10-22/h1-14,17,19H,15-16,18H2. The van der Waals surface area contributed by atoms with Crippen LogP contribution in [0.1, 0.15) is 5.69 Å². The van der Waals surface area contributed by atoms with Gasteiger partial charge >= 0.3 is 0 Å². The summed E-state index contributed by atoms with van der Waals surface area (Å²) in [6.45, 7) is 1.36. The summed E-state index contributed by atoms with van der Waals surface area (Å²) < 4.78 is 8.14. The molecule has 1 spiro atoms. The van der Waals surface area contributed by atoms with E-state index in [2.05, 4.69) is 27.3 Å². The van der Waals surface area contributed by atoms with Crippen LogP contribution in [0, 0.1) is 5.92 Å². The van der Waals surface area contributed by atoms with Gasteiger partial charge in [-0.05, 0) is 55.0 Å². The second-order valence-electron chi connectivity index (χ2n) is 7.64.